The Labute approximate surface area is 132 Å². The number of benzene rings is 1. The molecule has 0 spiro atoms. The van der Waals surface area contributed by atoms with Crippen LogP contribution in [0.5, 0.6) is 0 Å². The largest absolute Gasteiger partial charge is 0.356 e. The molecular weight excluding hydrogens is 278 g/mol. The second-order valence-corrected chi connectivity index (χ2v) is 6.15. The van der Waals surface area contributed by atoms with E-state index in [0.29, 0.717) is 19.0 Å². The maximum atomic E-state index is 12.3. The van der Waals surface area contributed by atoms with Crippen molar-refractivity contribution in [1.82, 2.24) is 10.2 Å². The SMILES string of the molecule is CC(C)C(=O)NC[C@@H]1CCCN(C(=O)Nc2ccccc2)C1. The summed E-state index contributed by atoms with van der Waals surface area (Å²) in [6, 6.07) is 9.41. The van der Waals surface area contributed by atoms with E-state index in [1.807, 2.05) is 49.1 Å². The normalized spacial score (nSPS) is 18.1. The Hall–Kier alpha value is -2.04. The van der Waals surface area contributed by atoms with Crippen molar-refractivity contribution in [1.29, 1.82) is 0 Å². The van der Waals surface area contributed by atoms with Crippen LogP contribution in [0.25, 0.3) is 0 Å². The summed E-state index contributed by atoms with van der Waals surface area (Å²) in [5.41, 5.74) is 0.808. The maximum absolute atomic E-state index is 12.3. The van der Waals surface area contributed by atoms with E-state index in [9.17, 15) is 9.59 Å². The molecule has 1 fully saturated rings. The second kappa shape index (κ2) is 7.82. The number of piperidine rings is 1. The van der Waals surface area contributed by atoms with Crippen molar-refractivity contribution in [2.45, 2.75) is 26.7 Å². The molecule has 1 aliphatic heterocycles. The number of urea groups is 1. The summed E-state index contributed by atoms with van der Waals surface area (Å²) in [5.74, 6) is 0.407. The van der Waals surface area contributed by atoms with Gasteiger partial charge in [0.15, 0.2) is 0 Å². The molecule has 1 aromatic rings. The third-order valence-electron chi connectivity index (χ3n) is 3.92. The van der Waals surface area contributed by atoms with Crippen LogP contribution in [0.15, 0.2) is 30.3 Å². The molecule has 5 heteroatoms. The van der Waals surface area contributed by atoms with Gasteiger partial charge in [-0.2, -0.15) is 0 Å². The van der Waals surface area contributed by atoms with Gasteiger partial charge in [-0.15, -0.1) is 0 Å². The Morgan fingerprint density at radius 1 is 1.27 bits per heavy atom. The van der Waals surface area contributed by atoms with Crippen molar-refractivity contribution < 1.29 is 9.59 Å². The Kier molecular flexibility index (Phi) is 5.81. The van der Waals surface area contributed by atoms with Crippen molar-refractivity contribution in [2.24, 2.45) is 11.8 Å². The first-order valence-corrected chi connectivity index (χ1v) is 7.95. The minimum Gasteiger partial charge on any atom is -0.356 e. The van der Waals surface area contributed by atoms with Gasteiger partial charge in [-0.25, -0.2) is 4.79 Å². The Morgan fingerprint density at radius 2 is 2.00 bits per heavy atom. The van der Waals surface area contributed by atoms with Crippen LogP contribution in [0.4, 0.5) is 10.5 Å². The summed E-state index contributed by atoms with van der Waals surface area (Å²) in [6.07, 6.45) is 2.03. The molecule has 0 saturated carbocycles. The lowest BCUT2D eigenvalue weighted by molar-refractivity contribution is -0.124. The van der Waals surface area contributed by atoms with Crippen LogP contribution < -0.4 is 10.6 Å². The fourth-order valence-electron chi connectivity index (χ4n) is 2.59. The quantitative estimate of drug-likeness (QED) is 0.898. The summed E-state index contributed by atoms with van der Waals surface area (Å²) in [4.78, 5) is 25.8. The number of carbonyl (C=O) groups excluding carboxylic acids is 2. The highest BCUT2D eigenvalue weighted by molar-refractivity contribution is 5.89. The summed E-state index contributed by atoms with van der Waals surface area (Å²) in [5, 5.41) is 5.88. The number of anilines is 1. The topological polar surface area (TPSA) is 61.4 Å². The summed E-state index contributed by atoms with van der Waals surface area (Å²) >= 11 is 0. The van der Waals surface area contributed by atoms with Gasteiger partial charge in [0.2, 0.25) is 5.91 Å². The van der Waals surface area contributed by atoms with E-state index in [1.165, 1.54) is 0 Å². The zero-order valence-corrected chi connectivity index (χ0v) is 13.3. The lowest BCUT2D eigenvalue weighted by atomic mass is 9.98. The molecule has 1 aliphatic rings. The molecule has 22 heavy (non-hydrogen) atoms. The van der Waals surface area contributed by atoms with Gasteiger partial charge in [0.05, 0.1) is 0 Å². The summed E-state index contributed by atoms with van der Waals surface area (Å²) in [6.45, 7) is 5.88. The van der Waals surface area contributed by atoms with E-state index in [-0.39, 0.29) is 17.9 Å². The molecule has 1 saturated heterocycles. The molecule has 0 unspecified atom stereocenters. The van der Waals surface area contributed by atoms with E-state index < -0.39 is 0 Å². The number of hydrogen-bond acceptors (Lipinski definition) is 2. The zero-order valence-electron chi connectivity index (χ0n) is 13.3. The van der Waals surface area contributed by atoms with Gasteiger partial charge in [0.1, 0.15) is 0 Å². The van der Waals surface area contributed by atoms with Crippen LogP contribution in [0, 0.1) is 11.8 Å². The first-order valence-electron chi connectivity index (χ1n) is 7.95. The third kappa shape index (κ3) is 4.76. The number of hydrogen-bond donors (Lipinski definition) is 2. The number of para-hydroxylation sites is 1. The lowest BCUT2D eigenvalue weighted by Crippen LogP contribution is -2.45. The minimum atomic E-state index is -0.0638. The Morgan fingerprint density at radius 3 is 2.68 bits per heavy atom. The van der Waals surface area contributed by atoms with Gasteiger partial charge >= 0.3 is 6.03 Å². The molecule has 0 radical (unpaired) electrons. The van der Waals surface area contributed by atoms with E-state index in [4.69, 9.17) is 0 Å². The molecule has 0 aromatic heterocycles. The maximum Gasteiger partial charge on any atom is 0.321 e. The van der Waals surface area contributed by atoms with E-state index in [1.54, 1.807) is 0 Å². The number of carbonyl (C=O) groups is 2. The molecule has 1 aromatic carbocycles. The molecule has 2 N–H and O–H groups in total. The first kappa shape index (κ1) is 16.3. The predicted octanol–water partition coefficient (Wildman–Crippen LogP) is 2.70. The van der Waals surface area contributed by atoms with Crippen LogP contribution in [0.3, 0.4) is 0 Å². The van der Waals surface area contributed by atoms with E-state index in [0.717, 1.165) is 25.1 Å². The predicted molar refractivity (Wildman–Crippen MR) is 87.6 cm³/mol. The zero-order chi connectivity index (χ0) is 15.9. The van der Waals surface area contributed by atoms with Crippen molar-refractivity contribution in [3.63, 3.8) is 0 Å². The Bertz CT molecular complexity index is 502. The molecule has 3 amide bonds. The highest BCUT2D eigenvalue weighted by Gasteiger charge is 2.24. The monoisotopic (exact) mass is 303 g/mol. The van der Waals surface area contributed by atoms with Gasteiger partial charge in [0.25, 0.3) is 0 Å². The third-order valence-corrected chi connectivity index (χ3v) is 3.92. The van der Waals surface area contributed by atoms with Crippen LogP contribution in [-0.2, 0) is 4.79 Å². The van der Waals surface area contributed by atoms with Gasteiger partial charge < -0.3 is 15.5 Å². The average Bonchev–Trinajstić information content (AvgIpc) is 2.53. The Balaban J connectivity index is 1.82. The van der Waals surface area contributed by atoms with E-state index in [2.05, 4.69) is 10.6 Å². The number of likely N-dealkylation sites (tertiary alicyclic amines) is 1. The molecule has 0 bridgehead atoms. The van der Waals surface area contributed by atoms with Gasteiger partial charge in [-0.3, -0.25) is 4.79 Å². The van der Waals surface area contributed by atoms with Crippen LogP contribution in [0.2, 0.25) is 0 Å². The second-order valence-electron chi connectivity index (χ2n) is 6.15. The van der Waals surface area contributed by atoms with Gasteiger partial charge in [0, 0.05) is 31.2 Å². The molecule has 1 heterocycles. The fraction of sp³-hybridized carbons (Fsp3) is 0.529. The number of rotatable bonds is 4. The standard InChI is InChI=1S/C17H25N3O2/c1-13(2)16(21)18-11-14-7-6-10-20(12-14)17(22)19-15-8-4-3-5-9-15/h3-5,8-9,13-14H,6-7,10-12H2,1-2H3,(H,18,21)(H,19,22)/t14-/m0/s1. The average molecular weight is 303 g/mol. The smallest absolute Gasteiger partial charge is 0.321 e. The van der Waals surface area contributed by atoms with E-state index >= 15 is 0 Å². The molecule has 1 atom stereocenters. The highest BCUT2D eigenvalue weighted by Crippen LogP contribution is 2.17. The van der Waals surface area contributed by atoms with Crippen molar-refractivity contribution in [3.8, 4) is 0 Å². The molecule has 5 nitrogen and oxygen atoms in total. The number of nitrogens with zero attached hydrogens (tertiary/aromatic N) is 1. The van der Waals surface area contributed by atoms with Gasteiger partial charge in [-0.05, 0) is 30.9 Å². The van der Waals surface area contributed by atoms with Crippen molar-refractivity contribution in [2.75, 3.05) is 25.0 Å². The molecular formula is C17H25N3O2. The van der Waals surface area contributed by atoms with Crippen molar-refractivity contribution in [3.05, 3.63) is 30.3 Å². The van der Waals surface area contributed by atoms with Crippen molar-refractivity contribution >= 4 is 17.6 Å². The minimum absolute atomic E-state index is 0.000993. The fourth-order valence-corrected chi connectivity index (χ4v) is 2.59. The van der Waals surface area contributed by atoms with Crippen LogP contribution in [0.1, 0.15) is 26.7 Å². The highest BCUT2D eigenvalue weighted by atomic mass is 16.2. The van der Waals surface area contributed by atoms with Crippen LogP contribution >= 0.6 is 0 Å². The number of amides is 3. The van der Waals surface area contributed by atoms with Crippen LogP contribution in [-0.4, -0.2) is 36.5 Å². The van der Waals surface area contributed by atoms with Gasteiger partial charge in [-0.1, -0.05) is 32.0 Å². The summed E-state index contributed by atoms with van der Waals surface area (Å²) in [7, 11) is 0. The molecule has 0 aliphatic carbocycles. The molecule has 120 valence electrons. The first-order chi connectivity index (χ1) is 10.6. The summed E-state index contributed by atoms with van der Waals surface area (Å²) < 4.78 is 0. The molecule has 2 rings (SSSR count). The lowest BCUT2D eigenvalue weighted by Gasteiger charge is -2.33. The number of nitrogens with one attached hydrogen (secondary N) is 2.